The molecular formula is C14H18ClNO2. The third kappa shape index (κ3) is 4.00. The van der Waals surface area contributed by atoms with Crippen LogP contribution in [0.4, 0.5) is 0 Å². The summed E-state index contributed by atoms with van der Waals surface area (Å²) in [6, 6.07) is 7.05. The molecular weight excluding hydrogens is 250 g/mol. The smallest absolute Gasteiger partial charge is 0.311 e. The van der Waals surface area contributed by atoms with Crippen molar-refractivity contribution >= 4 is 17.6 Å². The molecule has 1 N–H and O–H groups in total. The molecule has 0 radical (unpaired) electrons. The molecule has 98 valence electrons. The molecule has 18 heavy (non-hydrogen) atoms. The summed E-state index contributed by atoms with van der Waals surface area (Å²) >= 11 is 5.93. The van der Waals surface area contributed by atoms with Crippen molar-refractivity contribution in [1.29, 1.82) is 0 Å². The van der Waals surface area contributed by atoms with Gasteiger partial charge in [0.2, 0.25) is 0 Å². The third-order valence-electron chi connectivity index (χ3n) is 3.22. The van der Waals surface area contributed by atoms with Gasteiger partial charge in [0.15, 0.2) is 0 Å². The minimum Gasteiger partial charge on any atom is -0.425 e. The highest BCUT2D eigenvalue weighted by Crippen LogP contribution is 2.24. The lowest BCUT2D eigenvalue weighted by atomic mass is 9.95. The minimum absolute atomic E-state index is 0.200. The lowest BCUT2D eigenvalue weighted by molar-refractivity contribution is -0.134. The number of piperidine rings is 1. The van der Waals surface area contributed by atoms with E-state index in [1.54, 1.807) is 18.2 Å². The number of ether oxygens (including phenoxy) is 1. The van der Waals surface area contributed by atoms with Crippen molar-refractivity contribution in [3.8, 4) is 5.75 Å². The first-order valence-corrected chi connectivity index (χ1v) is 6.79. The van der Waals surface area contributed by atoms with Crippen molar-refractivity contribution in [2.75, 3.05) is 13.1 Å². The van der Waals surface area contributed by atoms with Crippen molar-refractivity contribution in [3.63, 3.8) is 0 Å². The maximum atomic E-state index is 11.7. The highest BCUT2D eigenvalue weighted by Gasteiger charge is 2.15. The van der Waals surface area contributed by atoms with Crippen LogP contribution in [0.3, 0.4) is 0 Å². The van der Waals surface area contributed by atoms with Crippen LogP contribution >= 0.6 is 11.6 Å². The van der Waals surface area contributed by atoms with Crippen molar-refractivity contribution in [1.82, 2.24) is 5.32 Å². The van der Waals surface area contributed by atoms with Gasteiger partial charge in [0.1, 0.15) is 5.75 Å². The van der Waals surface area contributed by atoms with E-state index in [1.165, 1.54) is 12.8 Å². The van der Waals surface area contributed by atoms with Crippen LogP contribution < -0.4 is 10.1 Å². The van der Waals surface area contributed by atoms with Crippen LogP contribution in [0.15, 0.2) is 24.3 Å². The zero-order valence-electron chi connectivity index (χ0n) is 10.3. The first kappa shape index (κ1) is 13.4. The van der Waals surface area contributed by atoms with Gasteiger partial charge in [-0.3, -0.25) is 4.79 Å². The van der Waals surface area contributed by atoms with Crippen molar-refractivity contribution < 1.29 is 9.53 Å². The zero-order chi connectivity index (χ0) is 12.8. The number of halogens is 1. The van der Waals surface area contributed by atoms with Gasteiger partial charge in [0.05, 0.1) is 5.02 Å². The minimum atomic E-state index is -0.200. The number of hydrogen-bond donors (Lipinski definition) is 1. The van der Waals surface area contributed by atoms with Crippen molar-refractivity contribution in [2.45, 2.75) is 25.7 Å². The van der Waals surface area contributed by atoms with Gasteiger partial charge < -0.3 is 10.1 Å². The van der Waals surface area contributed by atoms with E-state index < -0.39 is 0 Å². The molecule has 0 aliphatic carbocycles. The zero-order valence-corrected chi connectivity index (χ0v) is 11.1. The molecule has 1 fully saturated rings. The van der Waals surface area contributed by atoms with Crippen LogP contribution in [-0.2, 0) is 4.79 Å². The molecule has 1 aliphatic rings. The first-order chi connectivity index (χ1) is 8.75. The van der Waals surface area contributed by atoms with Gasteiger partial charge in [-0.25, -0.2) is 0 Å². The van der Waals surface area contributed by atoms with Crippen molar-refractivity contribution in [3.05, 3.63) is 29.3 Å². The Morgan fingerprint density at radius 1 is 1.44 bits per heavy atom. The molecule has 1 heterocycles. The quantitative estimate of drug-likeness (QED) is 0.673. The van der Waals surface area contributed by atoms with Crippen LogP contribution in [0, 0.1) is 5.92 Å². The van der Waals surface area contributed by atoms with Crippen LogP contribution in [0.5, 0.6) is 5.75 Å². The fraction of sp³-hybridized carbons (Fsp3) is 0.500. The number of para-hydroxylation sites is 1. The number of benzene rings is 1. The maximum Gasteiger partial charge on any atom is 0.311 e. The Hall–Kier alpha value is -1.06. The molecule has 0 spiro atoms. The van der Waals surface area contributed by atoms with E-state index in [4.69, 9.17) is 16.3 Å². The Kier molecular flexibility index (Phi) is 5.02. The first-order valence-electron chi connectivity index (χ1n) is 6.41. The van der Waals surface area contributed by atoms with E-state index in [-0.39, 0.29) is 5.97 Å². The predicted molar refractivity (Wildman–Crippen MR) is 71.9 cm³/mol. The van der Waals surface area contributed by atoms with E-state index in [2.05, 4.69) is 5.32 Å². The molecule has 4 heteroatoms. The maximum absolute atomic E-state index is 11.7. The number of rotatable bonds is 4. The topological polar surface area (TPSA) is 38.3 Å². The van der Waals surface area contributed by atoms with E-state index >= 15 is 0 Å². The highest BCUT2D eigenvalue weighted by atomic mass is 35.5. The van der Waals surface area contributed by atoms with Crippen LogP contribution in [0.25, 0.3) is 0 Å². The SMILES string of the molecule is O=C(CCC1CCCNC1)Oc1ccccc1Cl. The van der Waals surface area contributed by atoms with Crippen molar-refractivity contribution in [2.24, 2.45) is 5.92 Å². The molecule has 1 aromatic rings. The molecule has 1 aromatic carbocycles. The van der Waals surface area contributed by atoms with Gasteiger partial charge in [-0.15, -0.1) is 0 Å². The molecule has 0 amide bonds. The fourth-order valence-corrected chi connectivity index (χ4v) is 2.37. The fourth-order valence-electron chi connectivity index (χ4n) is 2.19. The normalized spacial score (nSPS) is 19.5. The summed E-state index contributed by atoms with van der Waals surface area (Å²) in [6.45, 7) is 2.11. The summed E-state index contributed by atoms with van der Waals surface area (Å²) in [4.78, 5) is 11.7. The average molecular weight is 268 g/mol. The number of esters is 1. The summed E-state index contributed by atoms with van der Waals surface area (Å²) < 4.78 is 5.24. The second-order valence-electron chi connectivity index (χ2n) is 4.66. The van der Waals surface area contributed by atoms with Gasteiger partial charge in [-0.05, 0) is 50.4 Å². The second-order valence-corrected chi connectivity index (χ2v) is 5.06. The molecule has 0 aromatic heterocycles. The number of carbonyl (C=O) groups excluding carboxylic acids is 1. The molecule has 1 unspecified atom stereocenters. The van der Waals surface area contributed by atoms with E-state index in [0.29, 0.717) is 23.1 Å². The average Bonchev–Trinajstić information content (AvgIpc) is 2.40. The Morgan fingerprint density at radius 2 is 2.28 bits per heavy atom. The summed E-state index contributed by atoms with van der Waals surface area (Å²) in [6.07, 6.45) is 3.74. The number of carbonyl (C=O) groups is 1. The second kappa shape index (κ2) is 6.76. The summed E-state index contributed by atoms with van der Waals surface area (Å²) in [5.74, 6) is 0.845. The monoisotopic (exact) mass is 267 g/mol. The lowest BCUT2D eigenvalue weighted by Crippen LogP contribution is -2.30. The predicted octanol–water partition coefficient (Wildman–Crippen LogP) is 3.03. The molecule has 1 aliphatic heterocycles. The van der Waals surface area contributed by atoms with Gasteiger partial charge in [-0.1, -0.05) is 23.7 Å². The lowest BCUT2D eigenvalue weighted by Gasteiger charge is -2.22. The van der Waals surface area contributed by atoms with E-state index in [9.17, 15) is 4.79 Å². The van der Waals surface area contributed by atoms with Crippen LogP contribution in [0.2, 0.25) is 5.02 Å². The van der Waals surface area contributed by atoms with Gasteiger partial charge in [0.25, 0.3) is 0 Å². The van der Waals surface area contributed by atoms with Crippen LogP contribution in [0.1, 0.15) is 25.7 Å². The Balaban J connectivity index is 1.76. The summed E-state index contributed by atoms with van der Waals surface area (Å²) in [5, 5.41) is 3.82. The van der Waals surface area contributed by atoms with Gasteiger partial charge in [0, 0.05) is 6.42 Å². The molecule has 1 saturated heterocycles. The summed E-state index contributed by atoms with van der Waals surface area (Å²) in [7, 11) is 0. The molecule has 3 nitrogen and oxygen atoms in total. The number of nitrogens with one attached hydrogen (secondary N) is 1. The van der Waals surface area contributed by atoms with Crippen LogP contribution in [-0.4, -0.2) is 19.1 Å². The highest BCUT2D eigenvalue weighted by molar-refractivity contribution is 6.32. The Morgan fingerprint density at radius 3 is 3.00 bits per heavy atom. The third-order valence-corrected chi connectivity index (χ3v) is 3.53. The van der Waals surface area contributed by atoms with Gasteiger partial charge >= 0.3 is 5.97 Å². The van der Waals surface area contributed by atoms with E-state index in [0.717, 1.165) is 19.5 Å². The standard InChI is InChI=1S/C14H18ClNO2/c15-12-5-1-2-6-13(12)18-14(17)8-7-11-4-3-9-16-10-11/h1-2,5-6,11,16H,3-4,7-10H2. The molecule has 1 atom stereocenters. The Labute approximate surface area is 112 Å². The molecule has 0 saturated carbocycles. The molecule has 2 rings (SSSR count). The van der Waals surface area contributed by atoms with E-state index in [1.807, 2.05) is 6.07 Å². The summed E-state index contributed by atoms with van der Waals surface area (Å²) in [5.41, 5.74) is 0. The largest absolute Gasteiger partial charge is 0.425 e. The van der Waals surface area contributed by atoms with Gasteiger partial charge in [-0.2, -0.15) is 0 Å². The molecule has 0 bridgehead atoms. The number of hydrogen-bond acceptors (Lipinski definition) is 3. The Bertz CT molecular complexity index is 403.